The van der Waals surface area contributed by atoms with Gasteiger partial charge in [-0.15, -0.1) is 0 Å². The summed E-state index contributed by atoms with van der Waals surface area (Å²) in [6, 6.07) is 35.6. The van der Waals surface area contributed by atoms with Crippen molar-refractivity contribution in [2.45, 2.75) is 35.5 Å². The zero-order valence-corrected chi connectivity index (χ0v) is 33.0. The third-order valence-corrected chi connectivity index (χ3v) is 28.7. The van der Waals surface area contributed by atoms with Gasteiger partial charge in [0.15, 0.2) is 17.3 Å². The Balaban J connectivity index is 1.42. The zero-order valence-electron chi connectivity index (χ0n) is 29.7. The van der Waals surface area contributed by atoms with Crippen LogP contribution in [0.2, 0.25) is 0 Å². The summed E-state index contributed by atoms with van der Waals surface area (Å²) in [5, 5.41) is 0. The summed E-state index contributed by atoms with van der Waals surface area (Å²) in [4.78, 5) is 33.7. The molecule has 280 valence electrons. The quantitative estimate of drug-likeness (QED) is 0.0726. The van der Waals surface area contributed by atoms with E-state index in [1.807, 2.05) is 0 Å². The first-order valence-electron chi connectivity index (χ1n) is 16.7. The van der Waals surface area contributed by atoms with Gasteiger partial charge in [-0.05, 0) is 90.6 Å². The van der Waals surface area contributed by atoms with Crippen molar-refractivity contribution in [3.05, 3.63) is 162 Å². The maximum absolute atomic E-state index is 14.5. The van der Waals surface area contributed by atoms with E-state index >= 15 is 0 Å². The van der Waals surface area contributed by atoms with Crippen molar-refractivity contribution in [1.82, 2.24) is 0 Å². The minimum absolute atomic E-state index is 0.125. The lowest BCUT2D eigenvalue weighted by Crippen LogP contribution is -2.19. The van der Waals surface area contributed by atoms with Crippen LogP contribution in [0.3, 0.4) is 0 Å². The standard InChI is InChI=1S/C42H34O9S4/c1-28(43)31-4-10-34(11-5-31)37-16-22-40(23-17-37)53(46,47)52(54(48,49)41-24-18-38(19-25-41)35-12-6-32(7-13-35)29(2)44)55(50,51)42-26-20-39(21-27-42)36-14-8-33(9-15-36)30(3)45/h4-27,52H,1-3H3. The van der Waals surface area contributed by atoms with Crippen LogP contribution in [-0.4, -0.2) is 42.6 Å². The van der Waals surface area contributed by atoms with Crippen LogP contribution in [0.25, 0.3) is 33.4 Å². The third-order valence-electron chi connectivity index (χ3n) is 8.92. The summed E-state index contributed by atoms with van der Waals surface area (Å²) in [6.07, 6.45) is 0. The number of benzene rings is 6. The van der Waals surface area contributed by atoms with E-state index in [1.165, 1.54) is 93.6 Å². The van der Waals surface area contributed by atoms with Crippen LogP contribution < -0.4 is 0 Å². The number of ketones is 3. The van der Waals surface area contributed by atoms with Crippen molar-refractivity contribution in [3.63, 3.8) is 0 Å². The van der Waals surface area contributed by atoms with Crippen molar-refractivity contribution >= 4 is 51.9 Å². The molecule has 0 atom stereocenters. The van der Waals surface area contributed by atoms with Gasteiger partial charge in [0, 0.05) is 16.7 Å². The lowest BCUT2D eigenvalue weighted by atomic mass is 10.0. The molecule has 6 rings (SSSR count). The van der Waals surface area contributed by atoms with Crippen LogP contribution in [0.5, 0.6) is 0 Å². The lowest BCUT2D eigenvalue weighted by molar-refractivity contribution is 0.100. The second-order valence-electron chi connectivity index (χ2n) is 12.6. The molecule has 0 aliphatic heterocycles. The van der Waals surface area contributed by atoms with Gasteiger partial charge in [0.05, 0.1) is 22.7 Å². The van der Waals surface area contributed by atoms with E-state index in [0.717, 1.165) is 0 Å². The molecule has 9 nitrogen and oxygen atoms in total. The van der Waals surface area contributed by atoms with Gasteiger partial charge in [-0.3, -0.25) is 14.4 Å². The molecule has 0 bridgehead atoms. The van der Waals surface area contributed by atoms with E-state index in [9.17, 15) is 39.6 Å². The second kappa shape index (κ2) is 15.3. The molecule has 0 saturated carbocycles. The number of hydrogen-bond donors (Lipinski definition) is 1. The summed E-state index contributed by atoms with van der Waals surface area (Å²) in [5.41, 5.74) is 5.11. The van der Waals surface area contributed by atoms with Crippen LogP contribution >= 0.6 is 7.99 Å². The minimum atomic E-state index is -5.10. The molecule has 0 unspecified atom stereocenters. The monoisotopic (exact) mass is 810 g/mol. The SMILES string of the molecule is CC(=O)c1ccc(-c2ccc(S(=O)(=O)[SH](S(=O)(=O)c3ccc(-c4ccc(C(C)=O)cc4)cc3)S(=O)(=O)c3ccc(-c4ccc(C(C)=O)cc4)cc3)cc2)cc1. The Morgan fingerprint density at radius 1 is 0.309 bits per heavy atom. The molecular formula is C42H34O9S4. The highest BCUT2D eigenvalue weighted by Gasteiger charge is 2.46. The average molecular weight is 811 g/mol. The van der Waals surface area contributed by atoms with E-state index in [-0.39, 0.29) is 17.3 Å². The molecule has 0 amide bonds. The molecule has 0 aromatic heterocycles. The van der Waals surface area contributed by atoms with Crippen LogP contribution in [0, 0.1) is 0 Å². The highest BCUT2D eigenvalue weighted by atomic mass is 33.9. The largest absolute Gasteiger partial charge is 0.295 e. The Morgan fingerprint density at radius 2 is 0.473 bits per heavy atom. The second-order valence-corrected chi connectivity index (χ2v) is 27.0. The number of thiol groups is 1. The Morgan fingerprint density at radius 3 is 0.636 bits per heavy atom. The van der Waals surface area contributed by atoms with Crippen LogP contribution in [0.1, 0.15) is 51.8 Å². The van der Waals surface area contributed by atoms with Crippen molar-refractivity contribution in [2.24, 2.45) is 0 Å². The lowest BCUT2D eigenvalue weighted by Gasteiger charge is -2.23. The van der Waals surface area contributed by atoms with Gasteiger partial charge in [-0.25, -0.2) is 25.3 Å². The van der Waals surface area contributed by atoms with Crippen LogP contribution in [0.15, 0.2) is 160 Å². The molecule has 0 radical (unpaired) electrons. The van der Waals surface area contributed by atoms with Crippen LogP contribution in [-0.2, 0) is 26.6 Å². The van der Waals surface area contributed by atoms with Crippen molar-refractivity contribution in [2.75, 3.05) is 0 Å². The minimum Gasteiger partial charge on any atom is -0.295 e. The first kappa shape index (κ1) is 39.2. The van der Waals surface area contributed by atoms with Crippen molar-refractivity contribution < 1.29 is 39.6 Å². The number of rotatable bonds is 12. The molecule has 0 heterocycles. The van der Waals surface area contributed by atoms with Gasteiger partial charge in [-0.1, -0.05) is 109 Å². The van der Waals surface area contributed by atoms with E-state index < -0.39 is 49.3 Å². The van der Waals surface area contributed by atoms with Crippen LogP contribution in [0.4, 0.5) is 0 Å². The number of Topliss-reactive ketones (excluding diaryl/α,β-unsaturated/α-hetero) is 3. The summed E-state index contributed by atoms with van der Waals surface area (Å²) >= 11 is 0. The summed E-state index contributed by atoms with van der Waals surface area (Å²) in [5.74, 6) is -0.376. The fourth-order valence-corrected chi connectivity index (χ4v) is 25.1. The Kier molecular flexibility index (Phi) is 10.9. The fraction of sp³-hybridized carbons (Fsp3) is 0.0714. The normalized spacial score (nSPS) is 12.2. The highest BCUT2D eigenvalue weighted by Crippen LogP contribution is 2.55. The molecule has 6 aromatic rings. The molecule has 13 heteroatoms. The van der Waals surface area contributed by atoms with Crippen molar-refractivity contribution in [1.29, 1.82) is 0 Å². The molecule has 0 spiro atoms. The summed E-state index contributed by atoms with van der Waals surface area (Å²) < 4.78 is 86.8. The van der Waals surface area contributed by atoms with Crippen molar-refractivity contribution in [3.8, 4) is 33.4 Å². The summed E-state index contributed by atoms with van der Waals surface area (Å²) in [6.45, 7) is 4.30. The zero-order chi connectivity index (χ0) is 39.7. The molecule has 0 fully saturated rings. The number of hydrogen-bond acceptors (Lipinski definition) is 9. The Bertz CT molecular complexity index is 2450. The molecule has 0 aliphatic carbocycles. The predicted molar refractivity (Wildman–Crippen MR) is 216 cm³/mol. The van der Waals surface area contributed by atoms with E-state index in [0.29, 0.717) is 50.1 Å². The molecule has 0 N–H and O–H groups in total. The molecule has 0 saturated heterocycles. The molecular weight excluding hydrogens is 777 g/mol. The maximum atomic E-state index is 14.5. The average Bonchev–Trinajstić information content (AvgIpc) is 3.18. The smallest absolute Gasteiger partial charge is 0.236 e. The molecule has 55 heavy (non-hydrogen) atoms. The highest BCUT2D eigenvalue weighted by molar-refractivity contribution is 9.35. The maximum Gasteiger partial charge on any atom is 0.236 e. The van der Waals surface area contributed by atoms with Gasteiger partial charge >= 0.3 is 0 Å². The number of carbonyl (C=O) groups is 3. The Labute approximate surface area is 321 Å². The predicted octanol–water partition coefficient (Wildman–Crippen LogP) is 8.76. The van der Waals surface area contributed by atoms with Gasteiger partial charge in [0.25, 0.3) is 0 Å². The van der Waals surface area contributed by atoms with E-state index in [2.05, 4.69) is 0 Å². The Hall–Kier alpha value is -5.47. The topological polar surface area (TPSA) is 154 Å². The summed E-state index contributed by atoms with van der Waals surface area (Å²) in [7, 11) is -19.2. The number of carbonyl (C=O) groups excluding carboxylic acids is 3. The fourth-order valence-electron chi connectivity index (χ4n) is 5.80. The van der Waals surface area contributed by atoms with Gasteiger partial charge in [-0.2, -0.15) is 0 Å². The van der Waals surface area contributed by atoms with E-state index in [1.54, 1.807) is 72.8 Å². The van der Waals surface area contributed by atoms with E-state index in [4.69, 9.17) is 0 Å². The third kappa shape index (κ3) is 8.01. The van der Waals surface area contributed by atoms with Gasteiger partial charge in [0.1, 0.15) is 0 Å². The van der Waals surface area contributed by atoms with Gasteiger partial charge in [0.2, 0.25) is 26.6 Å². The molecule has 0 aliphatic rings. The first-order chi connectivity index (χ1) is 26.0. The molecule has 6 aromatic carbocycles. The van der Waals surface area contributed by atoms with Gasteiger partial charge < -0.3 is 0 Å². The first-order valence-corrected chi connectivity index (χ1v) is 24.3.